The zero-order valence-corrected chi connectivity index (χ0v) is 15.8. The molecule has 1 aromatic carbocycles. The molecule has 10 heteroatoms. The average molecular weight is 404 g/mol. The lowest BCUT2D eigenvalue weighted by Gasteiger charge is -2.27. The number of carbonyl (C=O) groups excluding carboxylic acids is 1. The Morgan fingerprint density at radius 1 is 1.44 bits per heavy atom. The van der Waals surface area contributed by atoms with Crippen molar-refractivity contribution in [1.82, 2.24) is 15.0 Å². The number of carbonyl (C=O) groups is 1. The van der Waals surface area contributed by atoms with Crippen molar-refractivity contribution in [3.05, 3.63) is 46.6 Å². The molecule has 0 bridgehead atoms. The number of aromatic nitrogens is 1. The average Bonchev–Trinajstić information content (AvgIpc) is 3.10. The van der Waals surface area contributed by atoms with Gasteiger partial charge in [-0.15, -0.1) is 23.7 Å². The molecule has 0 saturated carbocycles. The maximum Gasteiger partial charge on any atom is 0.358 e. The van der Waals surface area contributed by atoms with Crippen LogP contribution in [0.25, 0.3) is 0 Å². The normalized spacial score (nSPS) is 16.6. The number of esters is 1. The Morgan fingerprint density at radius 2 is 2.20 bits per heavy atom. The van der Waals surface area contributed by atoms with E-state index in [1.807, 2.05) is 18.2 Å². The van der Waals surface area contributed by atoms with E-state index in [4.69, 9.17) is 0 Å². The first-order chi connectivity index (χ1) is 11.5. The summed E-state index contributed by atoms with van der Waals surface area (Å²) in [6, 6.07) is 7.85. The third-order valence-electron chi connectivity index (χ3n) is 3.85. The number of sulfonamides is 1. The van der Waals surface area contributed by atoms with E-state index in [2.05, 4.69) is 25.8 Å². The molecule has 2 heterocycles. The molecule has 3 rings (SSSR count). The van der Waals surface area contributed by atoms with Crippen LogP contribution in [-0.2, 0) is 21.2 Å². The number of ether oxygens (including phenoxy) is 1. The molecular weight excluding hydrogens is 386 g/mol. The molecule has 0 spiro atoms. The Kier molecular flexibility index (Phi) is 6.53. The number of nitrogens with one attached hydrogen (secondary N) is 2. The van der Waals surface area contributed by atoms with E-state index < -0.39 is 16.0 Å². The Balaban J connectivity index is 0.00000225. The molecule has 2 aromatic rings. The van der Waals surface area contributed by atoms with Gasteiger partial charge in [0.15, 0.2) is 9.90 Å². The van der Waals surface area contributed by atoms with Crippen molar-refractivity contribution in [3.63, 3.8) is 0 Å². The van der Waals surface area contributed by atoms with Crippen LogP contribution in [0.5, 0.6) is 0 Å². The van der Waals surface area contributed by atoms with Crippen molar-refractivity contribution < 1.29 is 17.9 Å². The predicted octanol–water partition coefficient (Wildman–Crippen LogP) is 1.52. The third kappa shape index (κ3) is 4.18. The summed E-state index contributed by atoms with van der Waals surface area (Å²) in [5, 5.41) is 3.31. The molecule has 1 atom stereocenters. The van der Waals surface area contributed by atoms with Gasteiger partial charge in [-0.05, 0) is 24.1 Å². The first kappa shape index (κ1) is 19.8. The Hall–Kier alpha value is -1.52. The van der Waals surface area contributed by atoms with Crippen LogP contribution in [0.4, 0.5) is 0 Å². The number of rotatable bonds is 5. The molecule has 1 aliphatic rings. The zero-order valence-electron chi connectivity index (χ0n) is 13.4. The minimum atomic E-state index is -3.84. The maximum atomic E-state index is 12.5. The highest BCUT2D eigenvalue weighted by Crippen LogP contribution is 2.24. The van der Waals surface area contributed by atoms with E-state index >= 15 is 0 Å². The molecule has 2 N–H and O–H groups in total. The lowest BCUT2D eigenvalue weighted by molar-refractivity contribution is 0.0590. The van der Waals surface area contributed by atoms with Crippen molar-refractivity contribution in [2.75, 3.05) is 20.2 Å². The van der Waals surface area contributed by atoms with Gasteiger partial charge in [0.2, 0.25) is 0 Å². The minimum absolute atomic E-state index is 0. The minimum Gasteiger partial charge on any atom is -0.464 e. The molecule has 0 amide bonds. The van der Waals surface area contributed by atoms with Crippen molar-refractivity contribution >= 4 is 39.7 Å². The Labute approximate surface area is 156 Å². The van der Waals surface area contributed by atoms with Crippen molar-refractivity contribution in [1.29, 1.82) is 0 Å². The van der Waals surface area contributed by atoms with Gasteiger partial charge < -0.3 is 10.1 Å². The van der Waals surface area contributed by atoms with Crippen molar-refractivity contribution in [2.45, 2.75) is 16.7 Å². The van der Waals surface area contributed by atoms with Crippen LogP contribution in [0.15, 0.2) is 34.0 Å². The number of hydrogen-bond acceptors (Lipinski definition) is 7. The number of fused-ring (bicyclic) bond motifs is 1. The molecule has 0 radical (unpaired) electrons. The van der Waals surface area contributed by atoms with Gasteiger partial charge in [-0.25, -0.2) is 22.9 Å². The fourth-order valence-electron chi connectivity index (χ4n) is 2.69. The molecule has 1 aliphatic heterocycles. The molecule has 7 nitrogen and oxygen atoms in total. The number of benzene rings is 1. The summed E-state index contributed by atoms with van der Waals surface area (Å²) < 4.78 is 32.0. The quantitative estimate of drug-likeness (QED) is 0.734. The van der Waals surface area contributed by atoms with E-state index in [0.717, 1.165) is 29.9 Å². The summed E-state index contributed by atoms with van der Waals surface area (Å²) in [5.41, 5.74) is 3.43. The van der Waals surface area contributed by atoms with E-state index in [1.54, 1.807) is 0 Å². The third-order valence-corrected chi connectivity index (χ3v) is 6.64. The lowest BCUT2D eigenvalue weighted by Crippen LogP contribution is -2.38. The van der Waals surface area contributed by atoms with Crippen molar-refractivity contribution in [2.24, 2.45) is 0 Å². The fraction of sp³-hybridized carbons (Fsp3) is 0.333. The van der Waals surface area contributed by atoms with Gasteiger partial charge in [-0.1, -0.05) is 24.3 Å². The number of nitrogens with zero attached hydrogens (tertiary/aromatic N) is 1. The van der Waals surface area contributed by atoms with Crippen LogP contribution < -0.4 is 10.0 Å². The van der Waals surface area contributed by atoms with Crippen LogP contribution in [0.1, 0.15) is 27.7 Å². The highest BCUT2D eigenvalue weighted by molar-refractivity contribution is 7.91. The van der Waals surface area contributed by atoms with E-state index in [-0.39, 0.29) is 34.9 Å². The van der Waals surface area contributed by atoms with Gasteiger partial charge in [-0.3, -0.25) is 0 Å². The summed E-state index contributed by atoms with van der Waals surface area (Å²) in [6.45, 7) is 0.981. The van der Waals surface area contributed by atoms with Gasteiger partial charge in [0.25, 0.3) is 10.0 Å². The summed E-state index contributed by atoms with van der Waals surface area (Å²) in [4.78, 5) is 15.4. The zero-order chi connectivity index (χ0) is 17.2. The number of hydrogen-bond donors (Lipinski definition) is 2. The fourth-order valence-corrected chi connectivity index (χ4v) is 4.91. The van der Waals surface area contributed by atoms with E-state index in [0.29, 0.717) is 0 Å². The second kappa shape index (κ2) is 8.24. The largest absolute Gasteiger partial charge is 0.464 e. The molecule has 0 fully saturated rings. The van der Waals surface area contributed by atoms with Crippen molar-refractivity contribution in [3.8, 4) is 0 Å². The van der Waals surface area contributed by atoms with Gasteiger partial charge in [-0.2, -0.15) is 0 Å². The number of thiazole rings is 1. The molecular formula is C15H18ClN3O4S2. The van der Waals surface area contributed by atoms with Crippen LogP contribution in [0.2, 0.25) is 0 Å². The van der Waals surface area contributed by atoms with Crippen LogP contribution in [0.3, 0.4) is 0 Å². The second-order valence-corrected chi connectivity index (χ2v) is 8.10. The Bertz CT molecular complexity index is 854. The Morgan fingerprint density at radius 3 is 2.96 bits per heavy atom. The summed E-state index contributed by atoms with van der Waals surface area (Å²) >= 11 is 0.890. The number of halogens is 1. The van der Waals surface area contributed by atoms with E-state index in [9.17, 15) is 13.2 Å². The first-order valence-electron chi connectivity index (χ1n) is 7.35. The molecule has 0 saturated heterocycles. The summed E-state index contributed by atoms with van der Waals surface area (Å²) in [5.74, 6) is -0.766. The summed E-state index contributed by atoms with van der Waals surface area (Å²) in [7, 11) is -2.65. The smallest absolute Gasteiger partial charge is 0.358 e. The second-order valence-electron chi connectivity index (χ2n) is 5.29. The highest BCUT2D eigenvalue weighted by Gasteiger charge is 2.28. The SMILES string of the molecule is COC(=O)c1ncsc1S(=O)(=O)NCC1NCCc2ccccc21.Cl. The molecule has 1 unspecified atom stereocenters. The molecule has 136 valence electrons. The van der Waals surface area contributed by atoms with E-state index in [1.165, 1.54) is 18.2 Å². The van der Waals surface area contributed by atoms with Gasteiger partial charge in [0, 0.05) is 12.6 Å². The summed E-state index contributed by atoms with van der Waals surface area (Å²) in [6.07, 6.45) is 0.917. The maximum absolute atomic E-state index is 12.5. The standard InChI is InChI=1S/C15H17N3O4S2.ClH/c1-22-14(19)13-15(23-9-17-13)24(20,21)18-8-12-11-5-3-2-4-10(11)6-7-16-12;/h2-5,9,12,16,18H,6-8H2,1H3;1H. The number of methoxy groups -OCH3 is 1. The topological polar surface area (TPSA) is 97.4 Å². The van der Waals surface area contributed by atoms with Gasteiger partial charge in [0.05, 0.1) is 12.6 Å². The van der Waals surface area contributed by atoms with Crippen LogP contribution >= 0.6 is 23.7 Å². The lowest BCUT2D eigenvalue weighted by atomic mass is 9.95. The van der Waals surface area contributed by atoms with Crippen LogP contribution in [0, 0.1) is 0 Å². The van der Waals surface area contributed by atoms with Gasteiger partial charge >= 0.3 is 5.97 Å². The molecule has 1 aromatic heterocycles. The molecule has 0 aliphatic carbocycles. The highest BCUT2D eigenvalue weighted by atomic mass is 35.5. The molecule has 25 heavy (non-hydrogen) atoms. The predicted molar refractivity (Wildman–Crippen MR) is 96.8 cm³/mol. The first-order valence-corrected chi connectivity index (χ1v) is 9.72. The monoisotopic (exact) mass is 403 g/mol. The van der Waals surface area contributed by atoms with Crippen LogP contribution in [-0.4, -0.2) is 39.6 Å². The van der Waals surface area contributed by atoms with Gasteiger partial charge in [0.1, 0.15) is 0 Å².